The second kappa shape index (κ2) is 11.7. The minimum atomic E-state index is 0. The molecule has 0 aromatic rings. The Kier molecular flexibility index (Phi) is 16.5. The molecule has 0 amide bonds. The van der Waals surface area contributed by atoms with Crippen molar-refractivity contribution in [3.8, 4) is 0 Å². The van der Waals surface area contributed by atoms with E-state index in [4.69, 9.17) is 5.11 Å². The number of rotatable bonds is 0. The summed E-state index contributed by atoms with van der Waals surface area (Å²) < 4.78 is 0. The van der Waals surface area contributed by atoms with E-state index >= 15 is 0 Å². The van der Waals surface area contributed by atoms with Crippen molar-refractivity contribution < 1.29 is 34.7 Å². The van der Waals surface area contributed by atoms with Crippen LogP contribution in [0.3, 0.4) is 0 Å². The summed E-state index contributed by atoms with van der Waals surface area (Å²) in [5.74, 6) is 1.19. The average Bonchev–Trinajstić information content (AvgIpc) is 2.17. The molecule has 1 aliphatic heterocycles. The maximum atomic E-state index is 8.93. The number of aliphatic imine (C=N–C) groups is 1. The molecule has 0 N–H and O–H groups in total. The Hall–Kier alpha value is 0.980. The van der Waals surface area contributed by atoms with Gasteiger partial charge in [0.05, 0.1) is 5.55 Å². The first-order chi connectivity index (χ1) is 3.91. The molecule has 0 saturated carbocycles. The van der Waals surface area contributed by atoms with Gasteiger partial charge in [-0.3, -0.25) is 4.99 Å². The largest absolute Gasteiger partial charge is 1.00 e. The molecule has 0 radical (unpaired) electrons. The first kappa shape index (κ1) is 12.6. The number of hydrogen-bond donors (Lipinski definition) is 0. The minimum absolute atomic E-state index is 0. The monoisotopic (exact) mass is 155 g/mol. The molecule has 0 aliphatic carbocycles. The van der Waals surface area contributed by atoms with Crippen LogP contribution in [-0.4, -0.2) is 24.5 Å². The van der Waals surface area contributed by atoms with Gasteiger partial charge in [0.1, 0.15) is 0 Å². The second-order valence-electron chi connectivity index (χ2n) is 1.17. The van der Waals surface area contributed by atoms with E-state index in [2.05, 4.69) is 4.99 Å². The van der Waals surface area contributed by atoms with Crippen LogP contribution in [0.15, 0.2) is 4.99 Å². The summed E-state index contributed by atoms with van der Waals surface area (Å²) in [4.78, 5) is 3.92. The Bertz CT molecular complexity index is 64.0. The molecule has 0 atom stereocenters. The molecule has 1 heterocycles. The van der Waals surface area contributed by atoms with Crippen molar-refractivity contribution in [2.45, 2.75) is 6.92 Å². The van der Waals surface area contributed by atoms with Crippen LogP contribution in [0.2, 0.25) is 0 Å². The van der Waals surface area contributed by atoms with Crippen LogP contribution in [0.4, 0.5) is 0 Å². The summed E-state index contributed by atoms with van der Waals surface area (Å²) in [6.07, 6.45) is 0. The van der Waals surface area contributed by atoms with Gasteiger partial charge in [0.25, 0.3) is 0 Å². The van der Waals surface area contributed by atoms with Gasteiger partial charge in [-0.05, 0) is 0 Å². The number of nitrogens with zero attached hydrogens (tertiary/aromatic N) is 1. The molecule has 1 aliphatic rings. The molecule has 1 rings (SSSR count). The van der Waals surface area contributed by atoms with Gasteiger partial charge >= 0.3 is 29.6 Å². The third-order valence-electron chi connectivity index (χ3n) is 0.487. The normalized spacial score (nSPS) is 13.6. The summed E-state index contributed by atoms with van der Waals surface area (Å²) in [5.41, 5.74) is 1.90. The van der Waals surface area contributed by atoms with Crippen molar-refractivity contribution in [1.29, 1.82) is 0 Å². The molecule has 0 aromatic heterocycles. The van der Waals surface area contributed by atoms with E-state index in [0.717, 1.165) is 6.54 Å². The van der Waals surface area contributed by atoms with Crippen molar-refractivity contribution in [2.24, 2.45) is 4.99 Å². The van der Waals surface area contributed by atoms with E-state index in [-0.39, 0.29) is 36.2 Å². The quantitative estimate of drug-likeness (QED) is 0.353. The molecular formula is C5H10NNaOS. The Morgan fingerprint density at radius 3 is 2.44 bits per heavy atom. The predicted molar refractivity (Wildman–Crippen MR) is 36.4 cm³/mol. The zero-order chi connectivity index (χ0) is 6.24. The standard InChI is InChI=1S/C3H5NS.C2H5O.Na/c1-2-5-3-4-1;1-2-3;/h3H,1-2H2;2H2,1H3;/q;-1;+1. The SMILES string of the molecule is C1=NCCS1.CC[O-].[Na+]. The van der Waals surface area contributed by atoms with Gasteiger partial charge in [-0.1, -0.05) is 6.92 Å². The topological polar surface area (TPSA) is 35.4 Å². The maximum Gasteiger partial charge on any atom is 1.00 e. The Morgan fingerprint density at radius 1 is 1.78 bits per heavy atom. The third-order valence-corrected chi connectivity index (χ3v) is 1.20. The fourth-order valence-electron chi connectivity index (χ4n) is 0.264. The zero-order valence-corrected chi connectivity index (χ0v) is 8.78. The predicted octanol–water partition coefficient (Wildman–Crippen LogP) is -2.87. The van der Waals surface area contributed by atoms with Crippen LogP contribution < -0.4 is 34.7 Å². The molecular weight excluding hydrogens is 145 g/mol. The fourth-order valence-corrected chi connectivity index (χ4v) is 0.791. The first-order valence-corrected chi connectivity index (χ1v) is 3.64. The second-order valence-corrected chi connectivity index (χ2v) is 2.12. The van der Waals surface area contributed by atoms with Crippen molar-refractivity contribution in [1.82, 2.24) is 0 Å². The van der Waals surface area contributed by atoms with Crippen LogP contribution >= 0.6 is 11.8 Å². The van der Waals surface area contributed by atoms with Gasteiger partial charge in [0.2, 0.25) is 0 Å². The van der Waals surface area contributed by atoms with Gasteiger partial charge in [0, 0.05) is 12.3 Å². The van der Waals surface area contributed by atoms with Gasteiger partial charge in [-0.15, -0.1) is 18.4 Å². The third kappa shape index (κ3) is 12.2. The fraction of sp³-hybridized carbons (Fsp3) is 0.800. The van der Waals surface area contributed by atoms with Crippen LogP contribution in [0, 0.1) is 0 Å². The van der Waals surface area contributed by atoms with Crippen molar-refractivity contribution >= 4 is 17.3 Å². The molecule has 2 nitrogen and oxygen atoms in total. The van der Waals surface area contributed by atoms with Crippen LogP contribution in [-0.2, 0) is 0 Å². The molecule has 0 bridgehead atoms. The van der Waals surface area contributed by atoms with E-state index in [1.807, 2.05) is 5.55 Å². The summed E-state index contributed by atoms with van der Waals surface area (Å²) in [7, 11) is 0. The van der Waals surface area contributed by atoms with Crippen LogP contribution in [0.5, 0.6) is 0 Å². The molecule has 0 saturated heterocycles. The molecule has 0 aromatic carbocycles. The molecule has 48 valence electrons. The molecule has 0 spiro atoms. The summed E-state index contributed by atoms with van der Waals surface area (Å²) in [6.45, 7) is 2.60. The van der Waals surface area contributed by atoms with E-state index < -0.39 is 0 Å². The summed E-state index contributed by atoms with van der Waals surface area (Å²) >= 11 is 1.78. The molecule has 0 fully saturated rings. The van der Waals surface area contributed by atoms with Crippen molar-refractivity contribution in [3.05, 3.63) is 0 Å². The number of hydrogen-bond acceptors (Lipinski definition) is 3. The molecule has 4 heteroatoms. The van der Waals surface area contributed by atoms with Gasteiger partial charge in [-0.25, -0.2) is 0 Å². The van der Waals surface area contributed by atoms with Crippen LogP contribution in [0.25, 0.3) is 0 Å². The van der Waals surface area contributed by atoms with E-state index in [1.165, 1.54) is 5.75 Å². The molecule has 0 unspecified atom stereocenters. The Balaban J connectivity index is 0. The Morgan fingerprint density at radius 2 is 2.33 bits per heavy atom. The maximum absolute atomic E-state index is 8.93. The Labute approximate surface area is 82.4 Å². The minimum Gasteiger partial charge on any atom is -0.855 e. The van der Waals surface area contributed by atoms with E-state index in [9.17, 15) is 0 Å². The van der Waals surface area contributed by atoms with Crippen molar-refractivity contribution in [2.75, 3.05) is 18.9 Å². The first-order valence-electron chi connectivity index (χ1n) is 2.59. The van der Waals surface area contributed by atoms with Crippen molar-refractivity contribution in [3.63, 3.8) is 0 Å². The van der Waals surface area contributed by atoms with E-state index in [0.29, 0.717) is 0 Å². The molecule has 9 heavy (non-hydrogen) atoms. The average molecular weight is 155 g/mol. The number of thioether (sulfide) groups is 1. The van der Waals surface area contributed by atoms with Gasteiger partial charge in [-0.2, -0.15) is 0 Å². The zero-order valence-electron chi connectivity index (χ0n) is 5.96. The van der Waals surface area contributed by atoms with Gasteiger partial charge in [0.15, 0.2) is 0 Å². The van der Waals surface area contributed by atoms with Gasteiger partial charge < -0.3 is 5.11 Å². The van der Waals surface area contributed by atoms with E-state index in [1.54, 1.807) is 18.7 Å². The van der Waals surface area contributed by atoms with Crippen LogP contribution in [0.1, 0.15) is 6.92 Å². The summed E-state index contributed by atoms with van der Waals surface area (Å²) in [6, 6.07) is 0. The summed E-state index contributed by atoms with van der Waals surface area (Å²) in [5, 5.41) is 8.93. The smallest absolute Gasteiger partial charge is 0.855 e.